The lowest BCUT2D eigenvalue weighted by molar-refractivity contribution is 0.0889. The molecule has 2 atom stereocenters. The fourth-order valence-corrected chi connectivity index (χ4v) is 5.90. The number of aliphatic hydroxyl groups excluding tert-OH is 1. The Morgan fingerprint density at radius 2 is 1.97 bits per heavy atom. The number of phenols is 1. The average Bonchev–Trinajstić information content (AvgIpc) is 3.37. The summed E-state index contributed by atoms with van der Waals surface area (Å²) in [5, 5.41) is 23.0. The molecule has 4 N–H and O–H groups in total. The number of aromatic nitrogens is 3. The predicted molar refractivity (Wildman–Crippen MR) is 129 cm³/mol. The van der Waals surface area contributed by atoms with Crippen molar-refractivity contribution in [2.24, 2.45) is 0 Å². The zero-order valence-corrected chi connectivity index (χ0v) is 19.4. The summed E-state index contributed by atoms with van der Waals surface area (Å²) < 4.78 is 28.7. The van der Waals surface area contributed by atoms with E-state index in [1.165, 1.54) is 7.11 Å². The van der Waals surface area contributed by atoms with E-state index in [0.717, 1.165) is 11.1 Å². The molecule has 4 aromatic rings. The lowest BCUT2D eigenvalue weighted by atomic mass is 10.0. The van der Waals surface area contributed by atoms with Crippen LogP contribution in [0.1, 0.15) is 10.4 Å². The van der Waals surface area contributed by atoms with Crippen LogP contribution in [0.15, 0.2) is 54.7 Å². The standard InChI is InChI=1S/C24H22N4O6S/c1-34-24-15(3-2-8-25-24)13-5-7-20(29)16(9-13)22-26-17-6-4-14(10-18(17)27-22)23(31)28-19-11-35(32,33)12-21(19)30/h2-10,19,21,29-30H,11-12H2,1H3,(H,26,27)(H,28,31)/t19-,21-/m1/s1. The lowest BCUT2D eigenvalue weighted by Crippen LogP contribution is -2.42. The number of fused-ring (bicyclic) bond motifs is 1. The maximum Gasteiger partial charge on any atom is 0.251 e. The van der Waals surface area contributed by atoms with E-state index in [2.05, 4.69) is 20.3 Å². The van der Waals surface area contributed by atoms with Crippen molar-refractivity contribution in [3.05, 3.63) is 60.3 Å². The number of sulfone groups is 1. The van der Waals surface area contributed by atoms with Gasteiger partial charge in [-0.15, -0.1) is 0 Å². The molecule has 0 spiro atoms. The number of ether oxygens (including phenoxy) is 1. The maximum absolute atomic E-state index is 12.7. The third-order valence-electron chi connectivity index (χ3n) is 5.91. The molecule has 1 aliphatic rings. The summed E-state index contributed by atoms with van der Waals surface area (Å²) in [7, 11) is -1.85. The second-order valence-electron chi connectivity index (χ2n) is 8.33. The van der Waals surface area contributed by atoms with Crippen LogP contribution in [0.3, 0.4) is 0 Å². The summed E-state index contributed by atoms with van der Waals surface area (Å²) in [6.07, 6.45) is 0.489. The number of rotatable bonds is 5. The van der Waals surface area contributed by atoms with Crippen LogP contribution in [0.2, 0.25) is 0 Å². The highest BCUT2D eigenvalue weighted by molar-refractivity contribution is 7.91. The van der Waals surface area contributed by atoms with Crippen molar-refractivity contribution in [2.45, 2.75) is 12.1 Å². The SMILES string of the molecule is COc1ncccc1-c1ccc(O)c(-c2nc3ccc(C(=O)N[C@@H]4CS(=O)(=O)C[C@H]4O)cc3[nH]2)c1. The Morgan fingerprint density at radius 3 is 2.71 bits per heavy atom. The molecule has 1 fully saturated rings. The highest BCUT2D eigenvalue weighted by Crippen LogP contribution is 2.35. The van der Waals surface area contributed by atoms with Gasteiger partial charge in [0.05, 0.1) is 47.4 Å². The quantitative estimate of drug-likeness (QED) is 0.328. The van der Waals surface area contributed by atoms with Gasteiger partial charge in [-0.05, 0) is 48.0 Å². The van der Waals surface area contributed by atoms with Crippen molar-refractivity contribution < 1.29 is 28.2 Å². The molecule has 1 aliphatic heterocycles. The van der Waals surface area contributed by atoms with Gasteiger partial charge in [0, 0.05) is 17.3 Å². The number of hydrogen-bond acceptors (Lipinski definition) is 8. The smallest absolute Gasteiger partial charge is 0.251 e. The Balaban J connectivity index is 1.45. The number of hydrogen-bond donors (Lipinski definition) is 4. The first-order chi connectivity index (χ1) is 16.7. The Bertz CT molecular complexity index is 1550. The number of amides is 1. The number of phenolic OH excluding ortho intramolecular Hbond substituents is 1. The van der Waals surface area contributed by atoms with E-state index in [1.54, 1.807) is 48.7 Å². The van der Waals surface area contributed by atoms with Crippen LogP contribution in [0, 0.1) is 0 Å². The molecule has 1 saturated heterocycles. The van der Waals surface area contributed by atoms with Crippen LogP contribution in [0.5, 0.6) is 11.6 Å². The second kappa shape index (κ2) is 8.67. The third kappa shape index (κ3) is 4.43. The summed E-state index contributed by atoms with van der Waals surface area (Å²) in [6.45, 7) is 0. The van der Waals surface area contributed by atoms with E-state index in [0.29, 0.717) is 28.3 Å². The van der Waals surface area contributed by atoms with Gasteiger partial charge in [0.2, 0.25) is 5.88 Å². The predicted octanol–water partition coefficient (Wildman–Crippen LogP) is 1.89. The summed E-state index contributed by atoms with van der Waals surface area (Å²) in [5.74, 6) is -0.299. The molecule has 180 valence electrons. The van der Waals surface area contributed by atoms with Crippen molar-refractivity contribution in [2.75, 3.05) is 18.6 Å². The Kier molecular flexibility index (Phi) is 5.65. The van der Waals surface area contributed by atoms with Crippen molar-refractivity contribution in [3.63, 3.8) is 0 Å². The van der Waals surface area contributed by atoms with Crippen LogP contribution in [-0.4, -0.2) is 70.3 Å². The molecule has 0 aliphatic carbocycles. The summed E-state index contributed by atoms with van der Waals surface area (Å²) in [5.41, 5.74) is 3.38. The van der Waals surface area contributed by atoms with E-state index >= 15 is 0 Å². The van der Waals surface area contributed by atoms with Crippen LogP contribution >= 0.6 is 0 Å². The van der Waals surface area contributed by atoms with Gasteiger partial charge in [-0.3, -0.25) is 4.79 Å². The van der Waals surface area contributed by atoms with Crippen molar-refractivity contribution in [3.8, 4) is 34.1 Å². The number of carbonyl (C=O) groups is 1. The number of H-pyrrole nitrogens is 1. The number of aromatic amines is 1. The largest absolute Gasteiger partial charge is 0.507 e. The number of pyridine rings is 1. The molecular weight excluding hydrogens is 472 g/mol. The molecule has 5 rings (SSSR count). The first kappa shape index (κ1) is 22.8. The van der Waals surface area contributed by atoms with E-state index in [-0.39, 0.29) is 22.8 Å². The second-order valence-corrected chi connectivity index (χ2v) is 10.5. The van der Waals surface area contributed by atoms with Crippen LogP contribution in [-0.2, 0) is 9.84 Å². The number of benzene rings is 2. The summed E-state index contributed by atoms with van der Waals surface area (Å²) >= 11 is 0. The van der Waals surface area contributed by atoms with Gasteiger partial charge in [-0.1, -0.05) is 6.07 Å². The number of nitrogens with one attached hydrogen (secondary N) is 2. The molecule has 0 bridgehead atoms. The van der Waals surface area contributed by atoms with Crippen molar-refractivity contribution in [1.29, 1.82) is 0 Å². The van der Waals surface area contributed by atoms with Crippen molar-refractivity contribution in [1.82, 2.24) is 20.3 Å². The van der Waals surface area contributed by atoms with E-state index in [4.69, 9.17) is 4.74 Å². The van der Waals surface area contributed by atoms with Gasteiger partial charge in [-0.2, -0.15) is 0 Å². The molecule has 3 heterocycles. The molecule has 2 aromatic carbocycles. The van der Waals surface area contributed by atoms with Gasteiger partial charge in [0.1, 0.15) is 11.6 Å². The van der Waals surface area contributed by atoms with Gasteiger partial charge >= 0.3 is 0 Å². The Hall–Kier alpha value is -3.96. The first-order valence-electron chi connectivity index (χ1n) is 10.8. The van der Waals surface area contributed by atoms with Crippen LogP contribution in [0.4, 0.5) is 0 Å². The maximum atomic E-state index is 12.7. The minimum absolute atomic E-state index is 0.0186. The van der Waals surface area contributed by atoms with E-state index < -0.39 is 27.9 Å². The minimum atomic E-state index is -3.38. The number of methoxy groups -OCH3 is 1. The number of imidazole rings is 1. The first-order valence-corrected chi connectivity index (χ1v) is 12.6. The molecule has 1 amide bonds. The Labute approximate surface area is 200 Å². The highest BCUT2D eigenvalue weighted by Gasteiger charge is 2.37. The molecule has 2 aromatic heterocycles. The molecule has 0 saturated carbocycles. The fraction of sp³-hybridized carbons (Fsp3) is 0.208. The average molecular weight is 495 g/mol. The lowest BCUT2D eigenvalue weighted by Gasteiger charge is -2.14. The number of aromatic hydroxyl groups is 1. The van der Waals surface area contributed by atoms with E-state index in [9.17, 15) is 23.4 Å². The third-order valence-corrected chi connectivity index (χ3v) is 7.63. The summed E-state index contributed by atoms with van der Waals surface area (Å²) in [4.78, 5) is 24.6. The topological polar surface area (TPSA) is 154 Å². The zero-order chi connectivity index (χ0) is 24.7. The van der Waals surface area contributed by atoms with E-state index in [1.807, 2.05) is 6.07 Å². The van der Waals surface area contributed by atoms with Crippen LogP contribution < -0.4 is 10.1 Å². The van der Waals surface area contributed by atoms with Gasteiger partial charge in [0.25, 0.3) is 5.91 Å². The molecule has 0 unspecified atom stereocenters. The fourth-order valence-electron chi connectivity index (χ4n) is 4.16. The number of aliphatic hydroxyl groups is 1. The Morgan fingerprint density at radius 1 is 1.14 bits per heavy atom. The monoisotopic (exact) mass is 494 g/mol. The highest BCUT2D eigenvalue weighted by atomic mass is 32.2. The molecular formula is C24H22N4O6S. The van der Waals surface area contributed by atoms with Gasteiger partial charge < -0.3 is 25.3 Å². The summed E-state index contributed by atoms with van der Waals surface area (Å²) in [6, 6.07) is 12.7. The normalized spacial score (nSPS) is 19.0. The molecule has 0 radical (unpaired) electrons. The molecule has 11 heteroatoms. The zero-order valence-electron chi connectivity index (χ0n) is 18.6. The molecule has 35 heavy (non-hydrogen) atoms. The minimum Gasteiger partial charge on any atom is -0.507 e. The van der Waals surface area contributed by atoms with Crippen LogP contribution in [0.25, 0.3) is 33.5 Å². The van der Waals surface area contributed by atoms with Gasteiger partial charge in [0.15, 0.2) is 9.84 Å². The molecule has 10 nitrogen and oxygen atoms in total. The number of nitrogens with zero attached hydrogens (tertiary/aromatic N) is 2. The van der Waals surface area contributed by atoms with Gasteiger partial charge in [-0.25, -0.2) is 18.4 Å². The number of carbonyl (C=O) groups excluding carboxylic acids is 1. The van der Waals surface area contributed by atoms with Crippen molar-refractivity contribution >= 4 is 26.8 Å².